The first-order chi connectivity index (χ1) is 13.6. The van der Waals surface area contributed by atoms with Gasteiger partial charge >= 0.3 is 6.09 Å². The van der Waals surface area contributed by atoms with Crippen LogP contribution in [0.4, 0.5) is 4.79 Å². The predicted octanol–water partition coefficient (Wildman–Crippen LogP) is 5.44. The fraction of sp³-hybridized carbons (Fsp3) is 0.292. The number of benzene rings is 2. The van der Waals surface area contributed by atoms with E-state index < -0.39 is 0 Å². The average Bonchev–Trinajstić information content (AvgIpc) is 3.04. The number of nitrogens with one attached hydrogen (secondary N) is 1. The lowest BCUT2D eigenvalue weighted by molar-refractivity contribution is 0.147. The largest absolute Gasteiger partial charge is 0.449 e. The number of rotatable bonds is 7. The fourth-order valence-electron chi connectivity index (χ4n) is 3.29. The van der Waals surface area contributed by atoms with Crippen LogP contribution in [-0.2, 0) is 11.2 Å². The molecule has 0 saturated carbocycles. The lowest BCUT2D eigenvalue weighted by Crippen LogP contribution is -2.25. The van der Waals surface area contributed by atoms with Gasteiger partial charge in [0.05, 0.1) is 12.3 Å². The molecule has 0 aliphatic carbocycles. The topological polar surface area (TPSA) is 43.3 Å². The second-order valence-corrected chi connectivity index (χ2v) is 6.99. The normalized spacial score (nSPS) is 10.7. The summed E-state index contributed by atoms with van der Waals surface area (Å²) in [4.78, 5) is 11.7. The molecule has 1 N–H and O–H groups in total. The number of alkyl carbamates (subject to hydrolysis) is 1. The van der Waals surface area contributed by atoms with Gasteiger partial charge in [-0.05, 0) is 49.6 Å². The van der Waals surface area contributed by atoms with Gasteiger partial charge in [-0.15, -0.1) is 0 Å². The number of amides is 1. The third-order valence-corrected chi connectivity index (χ3v) is 4.84. The molecule has 4 nitrogen and oxygen atoms in total. The molecule has 3 aromatic rings. The summed E-state index contributed by atoms with van der Waals surface area (Å²) in [5, 5.41) is 2.74. The van der Waals surface area contributed by atoms with Gasteiger partial charge in [0, 0.05) is 24.3 Å². The van der Waals surface area contributed by atoms with E-state index in [2.05, 4.69) is 78.3 Å². The van der Waals surface area contributed by atoms with E-state index in [4.69, 9.17) is 4.74 Å². The molecule has 2 aromatic carbocycles. The molecule has 1 heterocycles. The third-order valence-electron chi connectivity index (χ3n) is 4.84. The van der Waals surface area contributed by atoms with E-state index >= 15 is 0 Å². The highest BCUT2D eigenvalue weighted by molar-refractivity contribution is 5.67. The molecule has 0 fully saturated rings. The summed E-state index contributed by atoms with van der Waals surface area (Å²) in [6.45, 7) is 7.24. The van der Waals surface area contributed by atoms with Crippen molar-refractivity contribution in [1.29, 1.82) is 0 Å². The molecule has 28 heavy (non-hydrogen) atoms. The minimum absolute atomic E-state index is 0.347. The summed E-state index contributed by atoms with van der Waals surface area (Å²) in [6, 6.07) is 21.1. The summed E-state index contributed by atoms with van der Waals surface area (Å²) in [7, 11) is 0. The Kier molecular flexibility index (Phi) is 6.53. The van der Waals surface area contributed by atoms with Crippen LogP contribution in [0, 0.1) is 13.8 Å². The predicted molar refractivity (Wildman–Crippen MR) is 114 cm³/mol. The Morgan fingerprint density at radius 2 is 1.75 bits per heavy atom. The number of para-hydroxylation sites is 1. The highest BCUT2D eigenvalue weighted by Crippen LogP contribution is 2.30. The van der Waals surface area contributed by atoms with Crippen LogP contribution in [0.2, 0.25) is 0 Å². The van der Waals surface area contributed by atoms with E-state index in [-0.39, 0.29) is 6.09 Å². The van der Waals surface area contributed by atoms with Crippen molar-refractivity contribution >= 4 is 6.09 Å². The number of hydrogen-bond donors (Lipinski definition) is 1. The molecule has 4 heteroatoms. The van der Waals surface area contributed by atoms with Crippen molar-refractivity contribution < 1.29 is 9.53 Å². The molecule has 0 spiro atoms. The van der Waals surface area contributed by atoms with Crippen LogP contribution in [0.5, 0.6) is 0 Å². The van der Waals surface area contributed by atoms with Crippen molar-refractivity contribution in [3.05, 3.63) is 77.5 Å². The summed E-state index contributed by atoms with van der Waals surface area (Å²) in [6.07, 6.45) is 1.23. The maximum Gasteiger partial charge on any atom is 0.407 e. The second-order valence-electron chi connectivity index (χ2n) is 6.99. The Morgan fingerprint density at radius 3 is 2.43 bits per heavy atom. The molecular weight excluding hydrogens is 348 g/mol. The molecule has 0 aliphatic rings. The van der Waals surface area contributed by atoms with Crippen LogP contribution in [0.15, 0.2) is 60.7 Å². The quantitative estimate of drug-likeness (QED) is 0.597. The van der Waals surface area contributed by atoms with Gasteiger partial charge in [0.15, 0.2) is 0 Å². The van der Waals surface area contributed by atoms with Crippen LogP contribution in [0.25, 0.3) is 16.9 Å². The Balaban J connectivity index is 1.88. The molecule has 1 aromatic heterocycles. The van der Waals surface area contributed by atoms with E-state index in [9.17, 15) is 4.79 Å². The number of carbonyl (C=O) groups is 1. The van der Waals surface area contributed by atoms with Gasteiger partial charge in [0.25, 0.3) is 0 Å². The van der Waals surface area contributed by atoms with Gasteiger partial charge in [-0.1, -0.05) is 55.0 Å². The van der Waals surface area contributed by atoms with Crippen molar-refractivity contribution in [1.82, 2.24) is 9.88 Å². The molecule has 1 amide bonds. The van der Waals surface area contributed by atoms with Crippen molar-refractivity contribution in [2.45, 2.75) is 33.6 Å². The Bertz CT molecular complexity index is 912. The maximum atomic E-state index is 11.7. The molecule has 0 bridgehead atoms. The first-order valence-corrected chi connectivity index (χ1v) is 9.84. The first-order valence-electron chi connectivity index (χ1n) is 9.84. The monoisotopic (exact) mass is 376 g/mol. The zero-order valence-corrected chi connectivity index (χ0v) is 16.9. The van der Waals surface area contributed by atoms with Crippen LogP contribution >= 0.6 is 0 Å². The van der Waals surface area contributed by atoms with Crippen LogP contribution in [0.1, 0.15) is 30.2 Å². The molecule has 0 radical (unpaired) electrons. The van der Waals surface area contributed by atoms with Gasteiger partial charge in [-0.25, -0.2) is 4.79 Å². The SMILES string of the molecule is CCCNC(=O)OCCc1cc(-c2ccc(C)cc2)n(-c2ccccc2)c1C. The molecule has 0 unspecified atom stereocenters. The maximum absolute atomic E-state index is 11.7. The molecule has 0 saturated heterocycles. The molecular formula is C24H28N2O2. The zero-order chi connectivity index (χ0) is 19.9. The molecule has 3 rings (SSSR count). The van der Waals surface area contributed by atoms with Crippen molar-refractivity contribution in [2.24, 2.45) is 0 Å². The Morgan fingerprint density at radius 1 is 1.04 bits per heavy atom. The Labute approximate surface area is 167 Å². The highest BCUT2D eigenvalue weighted by Gasteiger charge is 2.15. The van der Waals surface area contributed by atoms with Gasteiger partial charge < -0.3 is 14.6 Å². The smallest absolute Gasteiger partial charge is 0.407 e. The number of aryl methyl sites for hydroxylation is 1. The zero-order valence-electron chi connectivity index (χ0n) is 16.9. The Hall–Kier alpha value is -3.01. The standard InChI is InChI=1S/C24H28N2O2/c1-4-15-25-24(27)28-16-14-21-17-23(20-12-10-18(2)11-13-20)26(19(21)3)22-8-6-5-7-9-22/h5-13,17H,4,14-16H2,1-3H3,(H,25,27). The van der Waals surface area contributed by atoms with Crippen LogP contribution in [-0.4, -0.2) is 23.8 Å². The minimum atomic E-state index is -0.347. The van der Waals surface area contributed by atoms with Crippen molar-refractivity contribution in [3.8, 4) is 16.9 Å². The lowest BCUT2D eigenvalue weighted by Gasteiger charge is -2.12. The van der Waals surface area contributed by atoms with Crippen molar-refractivity contribution in [2.75, 3.05) is 13.2 Å². The minimum Gasteiger partial charge on any atom is -0.449 e. The number of nitrogens with zero attached hydrogens (tertiary/aromatic N) is 1. The highest BCUT2D eigenvalue weighted by atomic mass is 16.5. The number of carbonyl (C=O) groups excluding carboxylic acids is 1. The summed E-state index contributed by atoms with van der Waals surface area (Å²) in [5.41, 5.74) is 7.04. The molecule has 146 valence electrons. The van der Waals surface area contributed by atoms with Gasteiger partial charge in [0.2, 0.25) is 0 Å². The number of ether oxygens (including phenoxy) is 1. The summed E-state index contributed by atoms with van der Waals surface area (Å²) >= 11 is 0. The fourth-order valence-corrected chi connectivity index (χ4v) is 3.29. The van der Waals surface area contributed by atoms with Gasteiger partial charge in [-0.3, -0.25) is 0 Å². The van der Waals surface area contributed by atoms with Crippen LogP contribution in [0.3, 0.4) is 0 Å². The van der Waals surface area contributed by atoms with Crippen molar-refractivity contribution in [3.63, 3.8) is 0 Å². The van der Waals surface area contributed by atoms with Crippen LogP contribution < -0.4 is 5.32 Å². The van der Waals surface area contributed by atoms with E-state index in [1.165, 1.54) is 22.4 Å². The summed E-state index contributed by atoms with van der Waals surface area (Å²) in [5.74, 6) is 0. The first kappa shape index (κ1) is 19.7. The van der Waals surface area contributed by atoms with E-state index in [0.29, 0.717) is 19.6 Å². The number of hydrogen-bond acceptors (Lipinski definition) is 2. The second kappa shape index (κ2) is 9.27. The van der Waals surface area contributed by atoms with Gasteiger partial charge in [0.1, 0.15) is 0 Å². The number of aromatic nitrogens is 1. The molecule has 0 atom stereocenters. The summed E-state index contributed by atoms with van der Waals surface area (Å²) < 4.78 is 7.59. The van der Waals surface area contributed by atoms with E-state index in [1.807, 2.05) is 13.0 Å². The van der Waals surface area contributed by atoms with Gasteiger partial charge in [-0.2, -0.15) is 0 Å². The van der Waals surface area contributed by atoms with E-state index in [0.717, 1.165) is 17.8 Å². The third kappa shape index (κ3) is 4.63. The average molecular weight is 377 g/mol. The molecule has 0 aliphatic heterocycles. The lowest BCUT2D eigenvalue weighted by atomic mass is 10.1. The van der Waals surface area contributed by atoms with E-state index in [1.54, 1.807) is 0 Å².